The number of ketones is 1. The molecule has 2 unspecified atom stereocenters. The number of esters is 1. The summed E-state index contributed by atoms with van der Waals surface area (Å²) in [6.07, 6.45) is 5.06. The SMILES string of the molecule is CCOC(=O)C1=C(C)NC(C)=C(C(C)=O)C1CC(C)CCC=C(C)C. The number of rotatable bonds is 8. The van der Waals surface area contributed by atoms with E-state index in [9.17, 15) is 9.59 Å². The summed E-state index contributed by atoms with van der Waals surface area (Å²) < 4.78 is 5.26. The van der Waals surface area contributed by atoms with E-state index in [1.54, 1.807) is 13.8 Å². The fourth-order valence-electron chi connectivity index (χ4n) is 3.51. The van der Waals surface area contributed by atoms with Gasteiger partial charge in [-0.1, -0.05) is 18.6 Å². The Morgan fingerprint density at radius 3 is 2.28 bits per heavy atom. The van der Waals surface area contributed by atoms with Crippen LogP contribution in [0.5, 0.6) is 0 Å². The molecule has 0 spiro atoms. The Morgan fingerprint density at radius 1 is 1.16 bits per heavy atom. The molecule has 2 atom stereocenters. The second kappa shape index (κ2) is 9.59. The van der Waals surface area contributed by atoms with Crippen molar-refractivity contribution in [2.75, 3.05) is 6.61 Å². The number of dihydropyridines is 1. The molecule has 25 heavy (non-hydrogen) atoms. The molecule has 0 fully saturated rings. The Morgan fingerprint density at radius 2 is 1.76 bits per heavy atom. The first-order valence-corrected chi connectivity index (χ1v) is 9.18. The Bertz CT molecular complexity index is 607. The van der Waals surface area contributed by atoms with E-state index in [0.29, 0.717) is 23.7 Å². The van der Waals surface area contributed by atoms with Crippen LogP contribution in [0.1, 0.15) is 67.7 Å². The Labute approximate surface area is 152 Å². The average molecular weight is 347 g/mol. The number of hydrogen-bond acceptors (Lipinski definition) is 4. The standard InChI is InChI=1S/C21H33NO3/c1-8-25-21(24)20-16(6)22-15(5)19(17(7)23)18(20)12-14(4)11-9-10-13(2)3/h10,14,18,22H,8-9,11-12H2,1-7H3. The summed E-state index contributed by atoms with van der Waals surface area (Å²) in [5.41, 5.74) is 4.27. The maximum absolute atomic E-state index is 12.5. The summed E-state index contributed by atoms with van der Waals surface area (Å²) >= 11 is 0. The van der Waals surface area contributed by atoms with Gasteiger partial charge in [0.2, 0.25) is 0 Å². The van der Waals surface area contributed by atoms with Gasteiger partial charge in [0, 0.05) is 22.9 Å². The van der Waals surface area contributed by atoms with Crippen molar-refractivity contribution in [1.29, 1.82) is 0 Å². The van der Waals surface area contributed by atoms with E-state index in [2.05, 4.69) is 32.2 Å². The zero-order chi connectivity index (χ0) is 19.1. The van der Waals surface area contributed by atoms with Crippen molar-refractivity contribution in [3.63, 3.8) is 0 Å². The van der Waals surface area contributed by atoms with Crippen molar-refractivity contribution < 1.29 is 14.3 Å². The molecule has 0 aliphatic carbocycles. The first kappa shape index (κ1) is 21.2. The van der Waals surface area contributed by atoms with Crippen molar-refractivity contribution in [3.8, 4) is 0 Å². The molecule has 0 saturated carbocycles. The minimum absolute atomic E-state index is 0.0146. The van der Waals surface area contributed by atoms with Gasteiger partial charge in [0.15, 0.2) is 5.78 Å². The van der Waals surface area contributed by atoms with Gasteiger partial charge in [-0.15, -0.1) is 0 Å². The molecule has 0 aromatic carbocycles. The minimum atomic E-state index is -0.319. The summed E-state index contributed by atoms with van der Waals surface area (Å²) in [4.78, 5) is 24.8. The maximum Gasteiger partial charge on any atom is 0.336 e. The first-order chi connectivity index (χ1) is 11.7. The number of ether oxygens (including phenoxy) is 1. The second-order valence-electron chi connectivity index (χ2n) is 7.23. The largest absolute Gasteiger partial charge is 0.463 e. The van der Waals surface area contributed by atoms with Crippen LogP contribution in [0, 0.1) is 11.8 Å². The van der Waals surface area contributed by atoms with Gasteiger partial charge >= 0.3 is 5.97 Å². The van der Waals surface area contributed by atoms with E-state index in [-0.39, 0.29) is 17.7 Å². The highest BCUT2D eigenvalue weighted by Crippen LogP contribution is 2.36. The van der Waals surface area contributed by atoms with Crippen molar-refractivity contribution >= 4 is 11.8 Å². The zero-order valence-electron chi connectivity index (χ0n) is 16.8. The van der Waals surface area contributed by atoms with Crippen LogP contribution in [0.4, 0.5) is 0 Å². The van der Waals surface area contributed by atoms with Crippen LogP contribution in [0.3, 0.4) is 0 Å². The molecular formula is C21H33NO3. The van der Waals surface area contributed by atoms with Crippen molar-refractivity contribution in [2.24, 2.45) is 11.8 Å². The molecule has 1 N–H and O–H groups in total. The quantitative estimate of drug-likeness (QED) is 0.512. The lowest BCUT2D eigenvalue weighted by atomic mass is 9.77. The summed E-state index contributed by atoms with van der Waals surface area (Å²) in [5.74, 6) is -0.0985. The fraction of sp³-hybridized carbons (Fsp3) is 0.619. The van der Waals surface area contributed by atoms with E-state index in [1.807, 2.05) is 13.8 Å². The second-order valence-corrected chi connectivity index (χ2v) is 7.23. The number of hydrogen-bond donors (Lipinski definition) is 1. The monoisotopic (exact) mass is 347 g/mol. The number of carbonyl (C=O) groups is 2. The van der Waals surface area contributed by atoms with Gasteiger partial charge in [0.05, 0.1) is 12.2 Å². The number of nitrogens with one attached hydrogen (secondary N) is 1. The average Bonchev–Trinajstić information content (AvgIpc) is 2.45. The van der Waals surface area contributed by atoms with Crippen LogP contribution in [0.2, 0.25) is 0 Å². The molecule has 0 aromatic rings. The molecule has 4 heteroatoms. The van der Waals surface area contributed by atoms with Crippen LogP contribution in [-0.4, -0.2) is 18.4 Å². The Kier molecular flexibility index (Phi) is 8.14. The molecule has 1 aliphatic heterocycles. The molecule has 0 amide bonds. The number of allylic oxidation sites excluding steroid dienone is 5. The fourth-order valence-corrected chi connectivity index (χ4v) is 3.51. The molecule has 1 heterocycles. The van der Waals surface area contributed by atoms with Gasteiger partial charge < -0.3 is 10.1 Å². The third-order valence-electron chi connectivity index (χ3n) is 4.60. The third-order valence-corrected chi connectivity index (χ3v) is 4.60. The molecule has 1 rings (SSSR count). The third kappa shape index (κ3) is 5.87. The lowest BCUT2D eigenvalue weighted by Crippen LogP contribution is -2.33. The van der Waals surface area contributed by atoms with Crippen LogP contribution in [-0.2, 0) is 14.3 Å². The van der Waals surface area contributed by atoms with Gasteiger partial charge in [-0.25, -0.2) is 4.79 Å². The lowest BCUT2D eigenvalue weighted by molar-refractivity contribution is -0.139. The highest BCUT2D eigenvalue weighted by Gasteiger charge is 2.35. The summed E-state index contributed by atoms with van der Waals surface area (Å²) in [5, 5.41) is 3.19. The van der Waals surface area contributed by atoms with E-state index < -0.39 is 0 Å². The van der Waals surface area contributed by atoms with Gasteiger partial charge in [-0.05, 0) is 66.7 Å². The highest BCUT2D eigenvalue weighted by atomic mass is 16.5. The molecular weight excluding hydrogens is 314 g/mol. The highest BCUT2D eigenvalue weighted by molar-refractivity contribution is 6.00. The van der Waals surface area contributed by atoms with Crippen LogP contribution in [0.25, 0.3) is 0 Å². The molecule has 0 radical (unpaired) electrons. The van der Waals surface area contributed by atoms with Crippen LogP contribution >= 0.6 is 0 Å². The van der Waals surface area contributed by atoms with Gasteiger partial charge in [-0.2, -0.15) is 0 Å². The predicted molar refractivity (Wildman–Crippen MR) is 102 cm³/mol. The van der Waals surface area contributed by atoms with Crippen LogP contribution < -0.4 is 5.32 Å². The number of carbonyl (C=O) groups excluding carboxylic acids is 2. The van der Waals surface area contributed by atoms with E-state index in [4.69, 9.17) is 4.74 Å². The smallest absolute Gasteiger partial charge is 0.336 e. The van der Waals surface area contributed by atoms with Gasteiger partial charge in [0.1, 0.15) is 0 Å². The summed E-state index contributed by atoms with van der Waals surface area (Å²) in [6, 6.07) is 0. The molecule has 1 aliphatic rings. The maximum atomic E-state index is 12.5. The Hall–Kier alpha value is -1.84. The zero-order valence-corrected chi connectivity index (χ0v) is 16.8. The predicted octanol–water partition coefficient (Wildman–Crippen LogP) is 4.68. The Balaban J connectivity index is 3.10. The molecule has 0 aromatic heterocycles. The van der Waals surface area contributed by atoms with E-state index in [0.717, 1.165) is 30.7 Å². The van der Waals surface area contributed by atoms with Gasteiger partial charge in [0.25, 0.3) is 0 Å². The molecule has 140 valence electrons. The minimum Gasteiger partial charge on any atom is -0.463 e. The topological polar surface area (TPSA) is 55.4 Å². The van der Waals surface area contributed by atoms with Crippen molar-refractivity contribution in [3.05, 3.63) is 34.2 Å². The van der Waals surface area contributed by atoms with Gasteiger partial charge in [-0.3, -0.25) is 4.79 Å². The van der Waals surface area contributed by atoms with Crippen molar-refractivity contribution in [1.82, 2.24) is 5.32 Å². The first-order valence-electron chi connectivity index (χ1n) is 9.18. The van der Waals surface area contributed by atoms with E-state index >= 15 is 0 Å². The van der Waals surface area contributed by atoms with Crippen molar-refractivity contribution in [2.45, 2.75) is 67.7 Å². The molecule has 4 nitrogen and oxygen atoms in total. The summed E-state index contributed by atoms with van der Waals surface area (Å²) in [6.45, 7) is 13.9. The number of Topliss-reactive ketones (excluding diaryl/α,β-unsaturated/α-hetero) is 1. The summed E-state index contributed by atoms with van der Waals surface area (Å²) in [7, 11) is 0. The van der Waals surface area contributed by atoms with E-state index in [1.165, 1.54) is 5.57 Å². The molecule has 0 saturated heterocycles. The normalized spacial score (nSPS) is 18.6. The lowest BCUT2D eigenvalue weighted by Gasteiger charge is -2.31. The molecule has 0 bridgehead atoms. The van der Waals surface area contributed by atoms with Crippen LogP contribution in [0.15, 0.2) is 34.2 Å².